The summed E-state index contributed by atoms with van der Waals surface area (Å²) in [5, 5.41) is 11.2. The van der Waals surface area contributed by atoms with Crippen molar-refractivity contribution in [2.75, 3.05) is 6.61 Å². The number of ether oxygens (including phenoxy) is 1. The first-order valence-electron chi connectivity index (χ1n) is 5.11. The van der Waals surface area contributed by atoms with Gasteiger partial charge in [0.2, 0.25) is 0 Å². The van der Waals surface area contributed by atoms with Crippen molar-refractivity contribution in [3.05, 3.63) is 27.4 Å². The fourth-order valence-electron chi connectivity index (χ4n) is 1.75. The van der Waals surface area contributed by atoms with Gasteiger partial charge >= 0.3 is 0 Å². The molecule has 0 saturated heterocycles. The summed E-state index contributed by atoms with van der Waals surface area (Å²) in [6.07, 6.45) is 3.07. The fourth-order valence-corrected chi connectivity index (χ4v) is 2.71. The standard InChI is InChI=1S/C11H15NO2S/c1-7-11(15-8(2)12-7)10(13)9-4-3-5-14-6-9/h6,10,13H,3-5H2,1-2H3. The molecule has 1 aromatic rings. The molecule has 0 aliphatic carbocycles. The molecule has 0 radical (unpaired) electrons. The van der Waals surface area contributed by atoms with Crippen LogP contribution >= 0.6 is 11.3 Å². The number of hydrogen-bond acceptors (Lipinski definition) is 4. The van der Waals surface area contributed by atoms with E-state index >= 15 is 0 Å². The molecule has 0 saturated carbocycles. The maximum Gasteiger partial charge on any atom is 0.114 e. The third-order valence-electron chi connectivity index (χ3n) is 2.50. The fraction of sp³-hybridized carbons (Fsp3) is 0.545. The summed E-state index contributed by atoms with van der Waals surface area (Å²) in [7, 11) is 0. The highest BCUT2D eigenvalue weighted by Gasteiger charge is 2.20. The van der Waals surface area contributed by atoms with Crippen LogP contribution in [0, 0.1) is 13.8 Å². The van der Waals surface area contributed by atoms with Crippen LogP contribution in [0.4, 0.5) is 0 Å². The highest BCUT2D eigenvalue weighted by molar-refractivity contribution is 7.11. The van der Waals surface area contributed by atoms with E-state index in [1.54, 1.807) is 17.6 Å². The molecule has 0 aromatic carbocycles. The summed E-state index contributed by atoms with van der Waals surface area (Å²) in [4.78, 5) is 5.27. The summed E-state index contributed by atoms with van der Waals surface area (Å²) in [5.74, 6) is 0. The lowest BCUT2D eigenvalue weighted by molar-refractivity contribution is 0.172. The van der Waals surface area contributed by atoms with E-state index in [1.807, 2.05) is 13.8 Å². The number of nitrogens with zero attached hydrogens (tertiary/aromatic N) is 1. The quantitative estimate of drug-likeness (QED) is 0.840. The average molecular weight is 225 g/mol. The van der Waals surface area contributed by atoms with Gasteiger partial charge in [-0.2, -0.15) is 0 Å². The second-order valence-corrected chi connectivity index (χ2v) is 4.99. The van der Waals surface area contributed by atoms with Gasteiger partial charge in [0.1, 0.15) is 6.10 Å². The van der Waals surface area contributed by atoms with Crippen LogP contribution in [-0.4, -0.2) is 16.7 Å². The van der Waals surface area contributed by atoms with E-state index in [-0.39, 0.29) is 0 Å². The SMILES string of the molecule is Cc1nc(C)c(C(O)C2=COCCC2)s1. The number of aliphatic hydroxyl groups excluding tert-OH is 1. The first-order chi connectivity index (χ1) is 7.18. The van der Waals surface area contributed by atoms with Gasteiger partial charge in [0, 0.05) is 0 Å². The molecule has 15 heavy (non-hydrogen) atoms. The van der Waals surface area contributed by atoms with E-state index in [2.05, 4.69) is 4.98 Å². The molecule has 2 rings (SSSR count). The van der Waals surface area contributed by atoms with Gasteiger partial charge in [-0.15, -0.1) is 11.3 Å². The molecule has 1 aromatic heterocycles. The van der Waals surface area contributed by atoms with Crippen LogP contribution in [0.2, 0.25) is 0 Å². The molecule has 3 nitrogen and oxygen atoms in total. The van der Waals surface area contributed by atoms with E-state index in [9.17, 15) is 5.11 Å². The predicted octanol–water partition coefficient (Wildman–Crippen LogP) is 2.49. The Balaban J connectivity index is 2.23. The van der Waals surface area contributed by atoms with Gasteiger partial charge in [0.05, 0.1) is 28.4 Å². The highest BCUT2D eigenvalue weighted by atomic mass is 32.1. The lowest BCUT2D eigenvalue weighted by atomic mass is 10.0. The second-order valence-electron chi connectivity index (χ2n) is 3.75. The van der Waals surface area contributed by atoms with Crippen LogP contribution in [-0.2, 0) is 4.74 Å². The Hall–Kier alpha value is -0.870. The molecule has 1 aliphatic heterocycles. The zero-order chi connectivity index (χ0) is 10.8. The number of thiazole rings is 1. The topological polar surface area (TPSA) is 42.4 Å². The van der Waals surface area contributed by atoms with E-state index in [4.69, 9.17) is 4.74 Å². The minimum Gasteiger partial charge on any atom is -0.501 e. The maximum atomic E-state index is 10.2. The Morgan fingerprint density at radius 3 is 2.87 bits per heavy atom. The number of aliphatic hydroxyl groups is 1. The molecule has 1 aliphatic rings. The molecule has 2 heterocycles. The molecular weight excluding hydrogens is 210 g/mol. The van der Waals surface area contributed by atoms with Crippen LogP contribution in [0.25, 0.3) is 0 Å². The lowest BCUT2D eigenvalue weighted by Crippen LogP contribution is -2.07. The number of aromatic nitrogens is 1. The van der Waals surface area contributed by atoms with Crippen molar-refractivity contribution < 1.29 is 9.84 Å². The number of hydrogen-bond donors (Lipinski definition) is 1. The number of rotatable bonds is 2. The maximum absolute atomic E-state index is 10.2. The van der Waals surface area contributed by atoms with Gasteiger partial charge in [0.15, 0.2) is 0 Å². The molecule has 0 amide bonds. The highest BCUT2D eigenvalue weighted by Crippen LogP contribution is 2.32. The molecule has 82 valence electrons. The van der Waals surface area contributed by atoms with Crippen LogP contribution in [0.1, 0.15) is 34.5 Å². The summed E-state index contributed by atoms with van der Waals surface area (Å²) < 4.78 is 5.23. The summed E-state index contributed by atoms with van der Waals surface area (Å²) in [6, 6.07) is 0. The molecule has 1 unspecified atom stereocenters. The minimum absolute atomic E-state index is 0.531. The Kier molecular flexibility index (Phi) is 3.07. The monoisotopic (exact) mass is 225 g/mol. The van der Waals surface area contributed by atoms with Gasteiger partial charge < -0.3 is 9.84 Å². The van der Waals surface area contributed by atoms with E-state index in [1.165, 1.54) is 0 Å². The molecular formula is C11H15NO2S. The van der Waals surface area contributed by atoms with Crippen molar-refractivity contribution in [2.45, 2.75) is 32.8 Å². The molecule has 0 fully saturated rings. The van der Waals surface area contributed by atoms with Crippen molar-refractivity contribution in [2.24, 2.45) is 0 Å². The van der Waals surface area contributed by atoms with E-state index in [0.29, 0.717) is 0 Å². The Labute approximate surface area is 93.4 Å². The summed E-state index contributed by atoms with van der Waals surface area (Å²) in [5.41, 5.74) is 1.89. The smallest absolute Gasteiger partial charge is 0.114 e. The minimum atomic E-state index is -0.531. The second kappa shape index (κ2) is 4.33. The van der Waals surface area contributed by atoms with E-state index < -0.39 is 6.10 Å². The van der Waals surface area contributed by atoms with Gasteiger partial charge in [-0.3, -0.25) is 0 Å². The molecule has 0 bridgehead atoms. The van der Waals surface area contributed by atoms with Crippen molar-refractivity contribution >= 4 is 11.3 Å². The van der Waals surface area contributed by atoms with E-state index in [0.717, 1.165) is 40.6 Å². The average Bonchev–Trinajstić information content (AvgIpc) is 2.58. The third-order valence-corrected chi connectivity index (χ3v) is 3.63. The van der Waals surface area contributed by atoms with Crippen molar-refractivity contribution in [1.82, 2.24) is 4.98 Å². The van der Waals surface area contributed by atoms with Gasteiger partial charge in [-0.05, 0) is 32.3 Å². The van der Waals surface area contributed by atoms with Crippen LogP contribution in [0.5, 0.6) is 0 Å². The van der Waals surface area contributed by atoms with Crippen molar-refractivity contribution in [1.29, 1.82) is 0 Å². The third kappa shape index (κ3) is 2.21. The Bertz CT molecular complexity index is 384. The Morgan fingerprint density at radius 2 is 2.33 bits per heavy atom. The summed E-state index contributed by atoms with van der Waals surface area (Å²) >= 11 is 1.56. The molecule has 1 atom stereocenters. The lowest BCUT2D eigenvalue weighted by Gasteiger charge is -2.18. The molecule has 0 spiro atoms. The zero-order valence-corrected chi connectivity index (χ0v) is 9.80. The van der Waals surface area contributed by atoms with Crippen LogP contribution in [0.3, 0.4) is 0 Å². The largest absolute Gasteiger partial charge is 0.501 e. The normalized spacial score (nSPS) is 18.2. The van der Waals surface area contributed by atoms with Gasteiger partial charge in [-0.1, -0.05) is 0 Å². The van der Waals surface area contributed by atoms with Gasteiger partial charge in [-0.25, -0.2) is 4.98 Å². The molecule has 1 N–H and O–H groups in total. The van der Waals surface area contributed by atoms with Gasteiger partial charge in [0.25, 0.3) is 0 Å². The molecule has 4 heteroatoms. The zero-order valence-electron chi connectivity index (χ0n) is 8.99. The summed E-state index contributed by atoms with van der Waals surface area (Å²) in [6.45, 7) is 4.66. The first-order valence-corrected chi connectivity index (χ1v) is 5.92. The van der Waals surface area contributed by atoms with Crippen molar-refractivity contribution in [3.8, 4) is 0 Å². The van der Waals surface area contributed by atoms with Crippen LogP contribution in [0.15, 0.2) is 11.8 Å². The van der Waals surface area contributed by atoms with Crippen molar-refractivity contribution in [3.63, 3.8) is 0 Å². The predicted molar refractivity (Wildman–Crippen MR) is 59.8 cm³/mol. The Morgan fingerprint density at radius 1 is 1.53 bits per heavy atom. The van der Waals surface area contributed by atoms with Crippen LogP contribution < -0.4 is 0 Å². The number of aryl methyl sites for hydroxylation is 2. The first kappa shape index (κ1) is 10.6.